The van der Waals surface area contributed by atoms with Gasteiger partial charge in [-0.1, -0.05) is 13.8 Å². The third-order valence-electron chi connectivity index (χ3n) is 3.97. The number of carbonyl (C=O) groups is 1. The normalized spacial score (nSPS) is 24.5. The molecule has 1 aromatic rings. The van der Waals surface area contributed by atoms with Crippen LogP contribution in [0.2, 0.25) is 0 Å². The number of hydrogen-bond acceptors (Lipinski definition) is 5. The standard InChI is InChI=1S/C15H27N5O2/c1-10(2)14(20-7-11(3)22-12(4)8-20)15(21)16-6-13-18-17-9-19(13)5/h9-12,14H,6-8H2,1-5H3,(H,16,21). The first-order valence-electron chi connectivity index (χ1n) is 7.88. The first-order chi connectivity index (χ1) is 10.4. The summed E-state index contributed by atoms with van der Waals surface area (Å²) >= 11 is 0. The molecule has 3 atom stereocenters. The summed E-state index contributed by atoms with van der Waals surface area (Å²) in [6.07, 6.45) is 1.93. The highest BCUT2D eigenvalue weighted by molar-refractivity contribution is 5.82. The fourth-order valence-electron chi connectivity index (χ4n) is 3.07. The van der Waals surface area contributed by atoms with E-state index in [1.807, 2.05) is 11.6 Å². The molecule has 7 nitrogen and oxygen atoms in total. The topological polar surface area (TPSA) is 72.3 Å². The van der Waals surface area contributed by atoms with Crippen molar-refractivity contribution >= 4 is 5.91 Å². The van der Waals surface area contributed by atoms with Crippen LogP contribution in [0.3, 0.4) is 0 Å². The van der Waals surface area contributed by atoms with Crippen LogP contribution in [0.25, 0.3) is 0 Å². The fourth-order valence-corrected chi connectivity index (χ4v) is 3.07. The summed E-state index contributed by atoms with van der Waals surface area (Å²) in [7, 11) is 1.87. The van der Waals surface area contributed by atoms with Crippen molar-refractivity contribution in [2.24, 2.45) is 13.0 Å². The van der Waals surface area contributed by atoms with Crippen molar-refractivity contribution in [1.82, 2.24) is 25.0 Å². The van der Waals surface area contributed by atoms with Gasteiger partial charge in [0.15, 0.2) is 5.82 Å². The Morgan fingerprint density at radius 1 is 1.41 bits per heavy atom. The SMILES string of the molecule is CC1CN(C(C(=O)NCc2nncn2C)C(C)C)CC(C)O1. The van der Waals surface area contributed by atoms with E-state index in [2.05, 4.69) is 48.1 Å². The van der Waals surface area contributed by atoms with Gasteiger partial charge in [-0.3, -0.25) is 9.69 Å². The number of morpholine rings is 1. The van der Waals surface area contributed by atoms with Crippen molar-refractivity contribution in [2.45, 2.75) is 52.5 Å². The molecule has 1 aliphatic rings. The minimum atomic E-state index is -0.151. The molecule has 7 heteroatoms. The maximum Gasteiger partial charge on any atom is 0.238 e. The Bertz CT molecular complexity index is 492. The number of nitrogens with one attached hydrogen (secondary N) is 1. The van der Waals surface area contributed by atoms with Crippen LogP contribution in [0.15, 0.2) is 6.33 Å². The van der Waals surface area contributed by atoms with E-state index in [9.17, 15) is 4.79 Å². The van der Waals surface area contributed by atoms with Gasteiger partial charge in [-0.25, -0.2) is 0 Å². The second-order valence-corrected chi connectivity index (χ2v) is 6.48. The van der Waals surface area contributed by atoms with Crippen LogP contribution in [0, 0.1) is 5.92 Å². The first kappa shape index (κ1) is 16.9. The molecule has 22 heavy (non-hydrogen) atoms. The van der Waals surface area contributed by atoms with E-state index in [-0.39, 0.29) is 30.1 Å². The van der Waals surface area contributed by atoms with Crippen molar-refractivity contribution in [1.29, 1.82) is 0 Å². The Morgan fingerprint density at radius 2 is 2.05 bits per heavy atom. The lowest BCUT2D eigenvalue weighted by Gasteiger charge is -2.41. The molecule has 2 heterocycles. The van der Waals surface area contributed by atoms with Crippen LogP contribution < -0.4 is 5.32 Å². The van der Waals surface area contributed by atoms with Crippen molar-refractivity contribution in [2.75, 3.05) is 13.1 Å². The van der Waals surface area contributed by atoms with Crippen molar-refractivity contribution in [3.8, 4) is 0 Å². The molecule has 0 aliphatic carbocycles. The van der Waals surface area contributed by atoms with E-state index in [1.54, 1.807) is 6.33 Å². The van der Waals surface area contributed by atoms with Crippen molar-refractivity contribution < 1.29 is 9.53 Å². The monoisotopic (exact) mass is 309 g/mol. The van der Waals surface area contributed by atoms with Gasteiger partial charge in [0.2, 0.25) is 5.91 Å². The van der Waals surface area contributed by atoms with Gasteiger partial charge in [0.1, 0.15) is 6.33 Å². The third-order valence-corrected chi connectivity index (χ3v) is 3.97. The summed E-state index contributed by atoms with van der Waals surface area (Å²) in [6, 6.07) is -0.151. The summed E-state index contributed by atoms with van der Waals surface area (Å²) in [5.41, 5.74) is 0. The van der Waals surface area contributed by atoms with Gasteiger partial charge in [0, 0.05) is 20.1 Å². The summed E-state index contributed by atoms with van der Waals surface area (Å²) < 4.78 is 7.57. The Balaban J connectivity index is 2.00. The summed E-state index contributed by atoms with van der Waals surface area (Å²) in [6.45, 7) is 10.2. The molecule has 0 bridgehead atoms. The average molecular weight is 309 g/mol. The van der Waals surface area contributed by atoms with E-state index in [4.69, 9.17) is 4.74 Å². The molecule has 0 aromatic carbocycles. The second kappa shape index (κ2) is 7.19. The third kappa shape index (κ3) is 4.04. The summed E-state index contributed by atoms with van der Waals surface area (Å²) in [5.74, 6) is 1.02. The van der Waals surface area contributed by atoms with Crippen LogP contribution >= 0.6 is 0 Å². The lowest BCUT2D eigenvalue weighted by Crippen LogP contribution is -2.56. The van der Waals surface area contributed by atoms with Gasteiger partial charge in [-0.2, -0.15) is 0 Å². The zero-order valence-corrected chi connectivity index (χ0v) is 14.1. The number of rotatable bonds is 5. The molecule has 2 rings (SSSR count). The number of nitrogens with zero attached hydrogens (tertiary/aromatic N) is 4. The molecule has 124 valence electrons. The Labute approximate surface area is 132 Å². The van der Waals surface area contributed by atoms with E-state index < -0.39 is 0 Å². The molecule has 1 aromatic heterocycles. The highest BCUT2D eigenvalue weighted by Gasteiger charge is 2.34. The predicted octanol–water partition coefficient (Wildman–Crippen LogP) is 0.565. The van der Waals surface area contributed by atoms with Gasteiger partial charge in [-0.05, 0) is 19.8 Å². The van der Waals surface area contributed by atoms with Crippen molar-refractivity contribution in [3.63, 3.8) is 0 Å². The van der Waals surface area contributed by atoms with E-state index in [0.29, 0.717) is 6.54 Å². The van der Waals surface area contributed by atoms with Crippen LogP contribution in [0.5, 0.6) is 0 Å². The zero-order valence-electron chi connectivity index (χ0n) is 14.1. The highest BCUT2D eigenvalue weighted by atomic mass is 16.5. The number of aryl methyl sites for hydroxylation is 1. The number of ether oxygens (including phenoxy) is 1. The van der Waals surface area contributed by atoms with Gasteiger partial charge >= 0.3 is 0 Å². The minimum absolute atomic E-state index is 0.0410. The minimum Gasteiger partial charge on any atom is -0.373 e. The molecule has 1 saturated heterocycles. The quantitative estimate of drug-likeness (QED) is 0.861. The van der Waals surface area contributed by atoms with Crippen LogP contribution in [-0.2, 0) is 23.1 Å². The van der Waals surface area contributed by atoms with E-state index in [1.165, 1.54) is 0 Å². The molecule has 1 fully saturated rings. The molecule has 1 N–H and O–H groups in total. The maximum atomic E-state index is 12.7. The molecule has 1 amide bonds. The first-order valence-corrected chi connectivity index (χ1v) is 7.88. The van der Waals surface area contributed by atoms with E-state index >= 15 is 0 Å². The summed E-state index contributed by atoms with van der Waals surface area (Å²) in [4.78, 5) is 14.9. The van der Waals surface area contributed by atoms with Gasteiger partial charge in [0.05, 0.1) is 24.8 Å². The Morgan fingerprint density at radius 3 is 2.55 bits per heavy atom. The van der Waals surface area contributed by atoms with Gasteiger partial charge in [-0.15, -0.1) is 10.2 Å². The largest absolute Gasteiger partial charge is 0.373 e. The number of amides is 1. The molecular weight excluding hydrogens is 282 g/mol. The Kier molecular flexibility index (Phi) is 5.52. The molecular formula is C15H27N5O2. The zero-order chi connectivity index (χ0) is 16.3. The molecule has 0 spiro atoms. The Hall–Kier alpha value is -1.47. The predicted molar refractivity (Wildman–Crippen MR) is 83.1 cm³/mol. The smallest absolute Gasteiger partial charge is 0.238 e. The van der Waals surface area contributed by atoms with Gasteiger partial charge in [0.25, 0.3) is 0 Å². The number of hydrogen-bond donors (Lipinski definition) is 1. The lowest BCUT2D eigenvalue weighted by molar-refractivity contribution is -0.135. The fraction of sp³-hybridized carbons (Fsp3) is 0.800. The number of carbonyl (C=O) groups excluding carboxylic acids is 1. The van der Waals surface area contributed by atoms with Crippen LogP contribution in [0.1, 0.15) is 33.5 Å². The van der Waals surface area contributed by atoms with E-state index in [0.717, 1.165) is 18.9 Å². The van der Waals surface area contributed by atoms with Crippen LogP contribution in [-0.4, -0.2) is 56.9 Å². The molecule has 1 aliphatic heterocycles. The average Bonchev–Trinajstić information content (AvgIpc) is 2.80. The molecule has 0 radical (unpaired) electrons. The number of aromatic nitrogens is 3. The lowest BCUT2D eigenvalue weighted by atomic mass is 9.99. The van der Waals surface area contributed by atoms with Gasteiger partial charge < -0.3 is 14.6 Å². The molecule has 3 unspecified atom stereocenters. The second-order valence-electron chi connectivity index (χ2n) is 6.48. The summed E-state index contributed by atoms with van der Waals surface area (Å²) in [5, 5.41) is 10.8. The van der Waals surface area contributed by atoms with Crippen LogP contribution in [0.4, 0.5) is 0 Å². The highest BCUT2D eigenvalue weighted by Crippen LogP contribution is 2.18. The molecule has 0 saturated carbocycles. The maximum absolute atomic E-state index is 12.7. The van der Waals surface area contributed by atoms with Crippen molar-refractivity contribution in [3.05, 3.63) is 12.2 Å².